The molecule has 0 aromatic heterocycles. The number of hydrogen-bond acceptors (Lipinski definition) is 4. The standard InChI is InChI=1S/C9H21N3O2S/c1-12(2)11-15(13,14)8-6-9-5-3-4-7-10-9/h9-11H,3-8H2,1-2H3. The van der Waals surface area contributed by atoms with Crippen LogP contribution in [0, 0.1) is 0 Å². The molecule has 0 saturated carbocycles. The van der Waals surface area contributed by atoms with Gasteiger partial charge in [0.05, 0.1) is 5.75 Å². The molecule has 0 radical (unpaired) electrons. The van der Waals surface area contributed by atoms with E-state index in [4.69, 9.17) is 0 Å². The van der Waals surface area contributed by atoms with Crippen molar-refractivity contribution in [1.29, 1.82) is 0 Å². The van der Waals surface area contributed by atoms with Crippen LogP contribution in [0.1, 0.15) is 25.7 Å². The van der Waals surface area contributed by atoms with Crippen molar-refractivity contribution in [1.82, 2.24) is 15.2 Å². The van der Waals surface area contributed by atoms with Gasteiger partial charge in [-0.3, -0.25) is 0 Å². The van der Waals surface area contributed by atoms with E-state index in [0.717, 1.165) is 13.0 Å². The molecule has 0 spiro atoms. The van der Waals surface area contributed by atoms with E-state index in [0.29, 0.717) is 12.5 Å². The van der Waals surface area contributed by atoms with Crippen LogP contribution in [0.5, 0.6) is 0 Å². The highest BCUT2D eigenvalue weighted by molar-refractivity contribution is 7.89. The van der Waals surface area contributed by atoms with Crippen molar-refractivity contribution in [2.24, 2.45) is 0 Å². The van der Waals surface area contributed by atoms with Gasteiger partial charge in [-0.2, -0.15) is 0 Å². The highest BCUT2D eigenvalue weighted by atomic mass is 32.2. The van der Waals surface area contributed by atoms with Crippen molar-refractivity contribution >= 4 is 10.0 Å². The topological polar surface area (TPSA) is 61.4 Å². The maximum atomic E-state index is 11.5. The maximum Gasteiger partial charge on any atom is 0.224 e. The number of hydrogen-bond donors (Lipinski definition) is 2. The SMILES string of the molecule is CN(C)NS(=O)(=O)CCC1CCCCN1. The first-order valence-electron chi connectivity index (χ1n) is 5.40. The van der Waals surface area contributed by atoms with Gasteiger partial charge in [0.1, 0.15) is 0 Å². The van der Waals surface area contributed by atoms with E-state index < -0.39 is 10.0 Å². The van der Waals surface area contributed by atoms with Crippen molar-refractivity contribution in [3.63, 3.8) is 0 Å². The Morgan fingerprint density at radius 2 is 2.13 bits per heavy atom. The summed E-state index contributed by atoms with van der Waals surface area (Å²) in [5.41, 5.74) is 0. The summed E-state index contributed by atoms with van der Waals surface area (Å²) in [5.74, 6) is 0.197. The summed E-state index contributed by atoms with van der Waals surface area (Å²) in [6.07, 6.45) is 4.21. The van der Waals surface area contributed by atoms with Crippen LogP contribution in [0.3, 0.4) is 0 Å². The average molecular weight is 235 g/mol. The lowest BCUT2D eigenvalue weighted by molar-refractivity contribution is 0.359. The molecule has 1 unspecified atom stereocenters. The third kappa shape index (κ3) is 5.46. The Balaban J connectivity index is 2.28. The lowest BCUT2D eigenvalue weighted by Crippen LogP contribution is -2.40. The average Bonchev–Trinajstić information content (AvgIpc) is 2.15. The molecule has 1 saturated heterocycles. The van der Waals surface area contributed by atoms with Crippen molar-refractivity contribution in [2.75, 3.05) is 26.4 Å². The summed E-state index contributed by atoms with van der Waals surface area (Å²) in [4.78, 5) is 2.44. The van der Waals surface area contributed by atoms with Gasteiger partial charge >= 0.3 is 0 Å². The van der Waals surface area contributed by atoms with E-state index in [1.165, 1.54) is 17.9 Å². The third-order valence-electron chi connectivity index (χ3n) is 2.47. The van der Waals surface area contributed by atoms with Gasteiger partial charge < -0.3 is 5.32 Å². The molecule has 0 bridgehead atoms. The van der Waals surface area contributed by atoms with Crippen molar-refractivity contribution < 1.29 is 8.42 Å². The molecule has 1 atom stereocenters. The van der Waals surface area contributed by atoms with Gasteiger partial charge in [-0.1, -0.05) is 6.42 Å². The van der Waals surface area contributed by atoms with Gasteiger partial charge in [-0.05, 0) is 25.8 Å². The molecule has 6 heteroatoms. The molecule has 0 aromatic rings. The van der Waals surface area contributed by atoms with Crippen molar-refractivity contribution in [3.8, 4) is 0 Å². The molecule has 0 aliphatic carbocycles. The first-order chi connectivity index (χ1) is 6.99. The Morgan fingerprint density at radius 3 is 2.67 bits per heavy atom. The fourth-order valence-corrected chi connectivity index (χ4v) is 3.03. The molecule has 90 valence electrons. The number of rotatable bonds is 5. The molecule has 2 N–H and O–H groups in total. The largest absolute Gasteiger partial charge is 0.314 e. The second kappa shape index (κ2) is 5.79. The second-order valence-corrected chi connectivity index (χ2v) is 6.06. The molecule has 1 heterocycles. The highest BCUT2D eigenvalue weighted by Crippen LogP contribution is 2.10. The third-order valence-corrected chi connectivity index (χ3v) is 3.89. The van der Waals surface area contributed by atoms with Crippen LogP contribution in [0.25, 0.3) is 0 Å². The summed E-state index contributed by atoms with van der Waals surface area (Å²) >= 11 is 0. The van der Waals surface area contributed by atoms with Crippen LogP contribution in [0.2, 0.25) is 0 Å². The number of sulfonamides is 1. The van der Waals surface area contributed by atoms with Crippen LogP contribution in [-0.2, 0) is 10.0 Å². The van der Waals surface area contributed by atoms with Crippen LogP contribution >= 0.6 is 0 Å². The van der Waals surface area contributed by atoms with E-state index in [-0.39, 0.29) is 5.75 Å². The lowest BCUT2D eigenvalue weighted by atomic mass is 10.0. The van der Waals surface area contributed by atoms with E-state index in [1.54, 1.807) is 14.1 Å². The smallest absolute Gasteiger partial charge is 0.224 e. The van der Waals surface area contributed by atoms with Crippen LogP contribution in [0.4, 0.5) is 0 Å². The lowest BCUT2D eigenvalue weighted by Gasteiger charge is -2.23. The molecule has 15 heavy (non-hydrogen) atoms. The van der Waals surface area contributed by atoms with Gasteiger partial charge in [0.15, 0.2) is 0 Å². The first kappa shape index (κ1) is 12.9. The summed E-state index contributed by atoms with van der Waals surface area (Å²) < 4.78 is 23.0. The first-order valence-corrected chi connectivity index (χ1v) is 7.06. The Morgan fingerprint density at radius 1 is 1.40 bits per heavy atom. The minimum Gasteiger partial charge on any atom is -0.314 e. The molecule has 1 fully saturated rings. The normalized spacial score (nSPS) is 23.3. The summed E-state index contributed by atoms with van der Waals surface area (Å²) in [6, 6.07) is 0.373. The van der Waals surface area contributed by atoms with Gasteiger partial charge in [-0.15, -0.1) is 4.83 Å². The molecule has 1 aliphatic rings. The Hall–Kier alpha value is -0.170. The van der Waals surface area contributed by atoms with E-state index in [2.05, 4.69) is 10.1 Å². The predicted octanol–water partition coefficient (Wildman–Crippen LogP) is -0.0854. The van der Waals surface area contributed by atoms with Gasteiger partial charge in [0, 0.05) is 20.1 Å². The zero-order valence-electron chi connectivity index (χ0n) is 9.49. The molecule has 5 nitrogen and oxygen atoms in total. The number of nitrogens with zero attached hydrogens (tertiary/aromatic N) is 1. The Bertz CT molecular complexity index is 271. The molecule has 1 aliphatic heterocycles. The quantitative estimate of drug-likeness (QED) is 0.654. The van der Waals surface area contributed by atoms with Crippen molar-refractivity contribution in [3.05, 3.63) is 0 Å². The van der Waals surface area contributed by atoms with E-state index in [9.17, 15) is 8.42 Å². The molecule has 1 rings (SSSR count). The van der Waals surface area contributed by atoms with Gasteiger partial charge in [0.25, 0.3) is 0 Å². The fraction of sp³-hybridized carbons (Fsp3) is 1.00. The summed E-state index contributed by atoms with van der Waals surface area (Å²) in [7, 11) is 0.210. The maximum absolute atomic E-state index is 11.5. The molecular weight excluding hydrogens is 214 g/mol. The highest BCUT2D eigenvalue weighted by Gasteiger charge is 2.17. The summed E-state index contributed by atoms with van der Waals surface area (Å²) in [5, 5.41) is 4.80. The fourth-order valence-electron chi connectivity index (χ4n) is 1.79. The molecular formula is C9H21N3O2S. The monoisotopic (exact) mass is 235 g/mol. The van der Waals surface area contributed by atoms with E-state index >= 15 is 0 Å². The number of hydrazine groups is 1. The minimum atomic E-state index is -3.14. The summed E-state index contributed by atoms with van der Waals surface area (Å²) in [6.45, 7) is 1.02. The van der Waals surface area contributed by atoms with E-state index in [1.807, 2.05) is 0 Å². The van der Waals surface area contributed by atoms with Crippen LogP contribution in [0.15, 0.2) is 0 Å². The number of piperidine rings is 1. The second-order valence-electron chi connectivity index (χ2n) is 4.24. The van der Waals surface area contributed by atoms with Crippen LogP contribution < -0.4 is 10.1 Å². The van der Waals surface area contributed by atoms with Gasteiger partial charge in [0.2, 0.25) is 10.0 Å². The molecule has 0 amide bonds. The van der Waals surface area contributed by atoms with Crippen molar-refractivity contribution in [2.45, 2.75) is 31.7 Å². The van der Waals surface area contributed by atoms with Gasteiger partial charge in [-0.25, -0.2) is 13.4 Å². The zero-order valence-corrected chi connectivity index (χ0v) is 10.3. The Kier molecular flexibility index (Phi) is 4.98. The van der Waals surface area contributed by atoms with Crippen LogP contribution in [-0.4, -0.2) is 45.9 Å². The molecule has 0 aromatic carbocycles. The number of nitrogens with one attached hydrogen (secondary N) is 2. The zero-order chi connectivity index (χ0) is 11.3. The Labute approximate surface area is 92.2 Å². The minimum absolute atomic E-state index is 0.197. The predicted molar refractivity (Wildman–Crippen MR) is 60.9 cm³/mol.